The van der Waals surface area contributed by atoms with Crippen LogP contribution in [0.3, 0.4) is 0 Å². The largest absolute Gasteiger partial charge is 0.459 e. The van der Waals surface area contributed by atoms with Gasteiger partial charge in [0.25, 0.3) is 0 Å². The Hall–Kier alpha value is -3.55. The highest BCUT2D eigenvalue weighted by Crippen LogP contribution is 2.26. The predicted octanol–water partition coefficient (Wildman–Crippen LogP) is 2.50. The second kappa shape index (κ2) is 8.67. The zero-order chi connectivity index (χ0) is 22.0. The molecule has 0 aliphatic carbocycles. The van der Waals surface area contributed by atoms with Gasteiger partial charge in [-0.15, -0.1) is 0 Å². The summed E-state index contributed by atoms with van der Waals surface area (Å²) in [6.07, 6.45) is 5.46. The number of nitrogens with one attached hydrogen (secondary N) is 1. The smallest absolute Gasteiger partial charge is 0.246 e. The molecule has 0 saturated heterocycles. The first kappa shape index (κ1) is 20.7. The average Bonchev–Trinajstić information content (AvgIpc) is 3.07. The van der Waals surface area contributed by atoms with Crippen LogP contribution in [0.15, 0.2) is 47.0 Å². The van der Waals surface area contributed by atoms with E-state index in [4.69, 9.17) is 4.42 Å². The van der Waals surface area contributed by atoms with Crippen LogP contribution in [0, 0.1) is 6.92 Å². The highest BCUT2D eigenvalue weighted by atomic mass is 16.3. The third kappa shape index (κ3) is 4.48. The average molecular weight is 416 g/mol. The van der Waals surface area contributed by atoms with Crippen LogP contribution in [0.25, 0.3) is 17.0 Å². The van der Waals surface area contributed by atoms with Gasteiger partial charge in [0.05, 0.1) is 6.54 Å². The summed E-state index contributed by atoms with van der Waals surface area (Å²) in [5, 5.41) is 4.27. The molecule has 1 N–H and O–H groups in total. The minimum Gasteiger partial charge on any atom is -0.459 e. The summed E-state index contributed by atoms with van der Waals surface area (Å²) in [6, 6.07) is 9.82. The molecule has 0 atom stereocenters. The van der Waals surface area contributed by atoms with E-state index in [0.717, 1.165) is 39.2 Å². The first-order valence-electron chi connectivity index (χ1n) is 10.3. The summed E-state index contributed by atoms with van der Waals surface area (Å²) in [4.78, 5) is 32.4. The summed E-state index contributed by atoms with van der Waals surface area (Å²) in [7, 11) is 3.54. The summed E-state index contributed by atoms with van der Waals surface area (Å²) >= 11 is 0. The van der Waals surface area contributed by atoms with E-state index < -0.39 is 0 Å². The fourth-order valence-electron chi connectivity index (χ4n) is 3.69. The molecule has 1 aromatic carbocycles. The van der Waals surface area contributed by atoms with Crippen molar-refractivity contribution in [1.82, 2.24) is 14.7 Å². The van der Waals surface area contributed by atoms with E-state index in [9.17, 15) is 9.59 Å². The fraction of sp³-hybridized carbons (Fsp3) is 0.261. The molecule has 3 heterocycles. The molecule has 0 saturated carbocycles. The van der Waals surface area contributed by atoms with E-state index in [1.165, 1.54) is 6.08 Å². The second-order valence-corrected chi connectivity index (χ2v) is 7.88. The van der Waals surface area contributed by atoms with Crippen molar-refractivity contribution in [3.8, 4) is 0 Å². The molecule has 8 heteroatoms. The number of carbonyl (C=O) groups excluding carboxylic acids is 2. The number of aromatic nitrogens is 1. The molecule has 0 radical (unpaired) electrons. The summed E-state index contributed by atoms with van der Waals surface area (Å²) < 4.78 is 5.92. The van der Waals surface area contributed by atoms with E-state index in [1.54, 1.807) is 37.0 Å². The van der Waals surface area contributed by atoms with E-state index in [2.05, 4.69) is 10.3 Å². The van der Waals surface area contributed by atoms with Gasteiger partial charge in [-0.2, -0.15) is 0 Å². The number of likely N-dealkylation sites (N-methyl/N-ethyl adjacent to an activating group) is 1. The van der Waals surface area contributed by atoms with Crippen LogP contribution in [-0.2, 0) is 22.7 Å². The third-order valence-corrected chi connectivity index (χ3v) is 5.57. The Balaban J connectivity index is 1.46. The Morgan fingerprint density at radius 2 is 2.19 bits per heavy atom. The van der Waals surface area contributed by atoms with E-state index in [-0.39, 0.29) is 11.8 Å². The van der Waals surface area contributed by atoms with E-state index >= 15 is 0 Å². The van der Waals surface area contributed by atoms with Crippen molar-refractivity contribution in [3.05, 3.63) is 65.1 Å². The van der Waals surface area contributed by atoms with Gasteiger partial charge in [-0.1, -0.05) is 18.2 Å². The Morgan fingerprint density at radius 1 is 1.39 bits per heavy atom. The van der Waals surface area contributed by atoms with Gasteiger partial charge in [0.15, 0.2) is 0 Å². The lowest BCUT2D eigenvalue weighted by atomic mass is 10.1. The van der Waals surface area contributed by atoms with Crippen molar-refractivity contribution in [2.45, 2.75) is 26.4 Å². The summed E-state index contributed by atoms with van der Waals surface area (Å²) in [5.41, 5.74) is 3.62. The van der Waals surface area contributed by atoms with E-state index in [0.29, 0.717) is 26.1 Å². The number of fused-ring (bicyclic) bond motifs is 2. The van der Waals surface area contributed by atoms with Crippen LogP contribution in [0.2, 0.25) is 0 Å². The van der Waals surface area contributed by atoms with Crippen LogP contribution in [-0.4, -0.2) is 48.1 Å². The Bertz CT molecular complexity index is 1170. The monoisotopic (exact) mass is 416 g/mol. The maximum absolute atomic E-state index is 12.6. The Labute approximate surface area is 182 Å². The van der Waals surface area contributed by atoms with Gasteiger partial charge in [-0.25, -0.2) is 4.98 Å². The molecule has 3 aromatic rings. The molecule has 4 rings (SSSR count). The molecule has 158 valence electrons. The normalized spacial score (nSPS) is 14.3. The molecule has 0 fully saturated rings. The highest BCUT2D eigenvalue weighted by Gasteiger charge is 2.17. The lowest BCUT2D eigenvalue weighted by Gasteiger charge is -2.23. The number of pyridine rings is 1. The van der Waals surface area contributed by atoms with Gasteiger partial charge in [0.2, 0.25) is 19.8 Å². The number of carbonyl (C=O) groups is 2. The quantitative estimate of drug-likeness (QED) is 0.523. The molecular formula is C23H25BN4O3. The molecule has 1 aliphatic heterocycles. The van der Waals surface area contributed by atoms with Gasteiger partial charge in [-0.05, 0) is 30.7 Å². The number of aryl methyl sites for hydroxylation is 1. The predicted molar refractivity (Wildman–Crippen MR) is 123 cm³/mol. The van der Waals surface area contributed by atoms with Gasteiger partial charge in [0.1, 0.15) is 17.2 Å². The van der Waals surface area contributed by atoms with Gasteiger partial charge in [-0.3, -0.25) is 9.59 Å². The number of benzene rings is 1. The molecule has 2 aromatic heterocycles. The molecule has 0 spiro atoms. The second-order valence-electron chi connectivity index (χ2n) is 7.88. The van der Waals surface area contributed by atoms with Crippen molar-refractivity contribution in [1.29, 1.82) is 0 Å². The van der Waals surface area contributed by atoms with Crippen molar-refractivity contribution < 1.29 is 14.0 Å². The number of anilines is 1. The number of furan rings is 1. The number of hydrogen-bond acceptors (Lipinski definition) is 5. The number of rotatable bonds is 4. The number of amides is 2. The molecule has 0 unspecified atom stereocenters. The minimum absolute atomic E-state index is 0.0942. The number of hydrogen-bond donors (Lipinski definition) is 1. The Morgan fingerprint density at radius 3 is 3.00 bits per heavy atom. The molecular weight excluding hydrogens is 391 g/mol. The molecule has 1 aliphatic rings. The fourth-order valence-corrected chi connectivity index (χ4v) is 3.69. The van der Waals surface area contributed by atoms with Gasteiger partial charge >= 0.3 is 0 Å². The van der Waals surface area contributed by atoms with Gasteiger partial charge in [0, 0.05) is 55.3 Å². The first-order chi connectivity index (χ1) is 14.9. The summed E-state index contributed by atoms with van der Waals surface area (Å²) in [5.74, 6) is 1.53. The van der Waals surface area contributed by atoms with Crippen molar-refractivity contribution in [2.24, 2.45) is 0 Å². The molecule has 0 bridgehead atoms. The topological polar surface area (TPSA) is 78.7 Å². The van der Waals surface area contributed by atoms with Crippen LogP contribution >= 0.6 is 0 Å². The third-order valence-electron chi connectivity index (χ3n) is 5.57. The SMILES string of the molecule is BN1Cc2cc(/C=C/C(=O)N(C)Cc3oc4ccccc4c3C)cnc2NCCC1=O. The van der Waals surface area contributed by atoms with Gasteiger partial charge < -0.3 is 19.4 Å². The number of nitrogens with zero attached hydrogens (tertiary/aromatic N) is 3. The van der Waals surface area contributed by atoms with Crippen LogP contribution in [0.4, 0.5) is 5.82 Å². The standard InChI is InChI=1S/C23H25BN4O3/c1-15-18-5-3-4-6-19(18)31-20(15)14-27(2)21(29)8-7-16-11-17-13-28(24)22(30)9-10-25-23(17)26-12-16/h3-8,11-12H,9-10,13-14,24H2,1-2H3,(H,25,26)/b8-7+. The summed E-state index contributed by atoms with van der Waals surface area (Å²) in [6.45, 7) is 3.44. The lowest BCUT2D eigenvalue weighted by Crippen LogP contribution is -2.32. The lowest BCUT2D eigenvalue weighted by molar-refractivity contribution is -0.127. The van der Waals surface area contributed by atoms with Crippen molar-refractivity contribution >= 4 is 42.7 Å². The van der Waals surface area contributed by atoms with Crippen molar-refractivity contribution in [3.63, 3.8) is 0 Å². The molecule has 2 amide bonds. The molecule has 31 heavy (non-hydrogen) atoms. The van der Waals surface area contributed by atoms with Crippen LogP contribution < -0.4 is 5.32 Å². The van der Waals surface area contributed by atoms with Crippen LogP contribution in [0.5, 0.6) is 0 Å². The molecule has 7 nitrogen and oxygen atoms in total. The first-order valence-corrected chi connectivity index (χ1v) is 10.3. The van der Waals surface area contributed by atoms with Crippen molar-refractivity contribution in [2.75, 3.05) is 18.9 Å². The van der Waals surface area contributed by atoms with Crippen LogP contribution in [0.1, 0.15) is 28.9 Å². The number of para-hydroxylation sites is 1. The van der Waals surface area contributed by atoms with E-state index in [1.807, 2.05) is 37.3 Å². The maximum atomic E-state index is 12.6. The zero-order valence-corrected chi connectivity index (χ0v) is 18.0. The zero-order valence-electron chi connectivity index (χ0n) is 18.0. The Kier molecular flexibility index (Phi) is 5.80. The minimum atomic E-state index is -0.128. The highest BCUT2D eigenvalue weighted by molar-refractivity contribution is 6.14. The maximum Gasteiger partial charge on any atom is 0.246 e.